The highest BCUT2D eigenvalue weighted by atomic mass is 32.1. The van der Waals surface area contributed by atoms with Crippen molar-refractivity contribution in [1.82, 2.24) is 4.57 Å². The van der Waals surface area contributed by atoms with E-state index in [-0.39, 0.29) is 0 Å². The maximum absolute atomic E-state index is 2.38. The van der Waals surface area contributed by atoms with Crippen molar-refractivity contribution in [1.29, 1.82) is 0 Å². The Morgan fingerprint density at radius 3 is 1.93 bits per heavy atom. The predicted octanol–water partition coefficient (Wildman–Crippen LogP) is 11.8. The average molecular weight is 567 g/mol. The SMILES string of the molecule is c1ccc(N(c2ccc3cc4sc5ccccc5c4cc3c2)c2ccc3c(c2)c2ccccc2n3-c2ccccc2)cc1. The summed E-state index contributed by atoms with van der Waals surface area (Å²) in [6.45, 7) is 0. The Bertz CT molecular complexity index is 2450. The Balaban J connectivity index is 1.27. The fourth-order valence-electron chi connectivity index (χ4n) is 6.57. The lowest BCUT2D eigenvalue weighted by Gasteiger charge is -2.26. The molecule has 0 unspecified atom stereocenters. The summed E-state index contributed by atoms with van der Waals surface area (Å²) in [5.74, 6) is 0. The zero-order valence-corrected chi connectivity index (χ0v) is 24.1. The van der Waals surface area contributed by atoms with Gasteiger partial charge in [-0.1, -0.05) is 78.9 Å². The maximum Gasteiger partial charge on any atom is 0.0542 e. The van der Waals surface area contributed by atoms with Gasteiger partial charge in [0.2, 0.25) is 0 Å². The van der Waals surface area contributed by atoms with Crippen molar-refractivity contribution in [3.8, 4) is 5.69 Å². The normalized spacial score (nSPS) is 11.7. The van der Waals surface area contributed by atoms with Crippen molar-refractivity contribution < 1.29 is 0 Å². The van der Waals surface area contributed by atoms with Gasteiger partial charge in [-0.15, -0.1) is 11.3 Å². The van der Waals surface area contributed by atoms with Gasteiger partial charge in [-0.25, -0.2) is 0 Å². The van der Waals surface area contributed by atoms with Crippen LogP contribution in [-0.2, 0) is 0 Å². The number of hydrogen-bond acceptors (Lipinski definition) is 2. The first-order chi connectivity index (χ1) is 21.3. The highest BCUT2D eigenvalue weighted by Crippen LogP contribution is 2.42. The number of nitrogens with zero attached hydrogens (tertiary/aromatic N) is 2. The predicted molar refractivity (Wildman–Crippen MR) is 186 cm³/mol. The van der Waals surface area contributed by atoms with Crippen LogP contribution in [0.4, 0.5) is 17.1 Å². The van der Waals surface area contributed by atoms with Crippen LogP contribution in [0.15, 0.2) is 158 Å². The van der Waals surface area contributed by atoms with Crippen molar-refractivity contribution in [2.75, 3.05) is 4.90 Å². The first-order valence-electron chi connectivity index (χ1n) is 14.6. The van der Waals surface area contributed by atoms with Crippen LogP contribution in [0.1, 0.15) is 0 Å². The second-order valence-corrected chi connectivity index (χ2v) is 12.1. The van der Waals surface area contributed by atoms with Crippen LogP contribution in [0.3, 0.4) is 0 Å². The Morgan fingerprint density at radius 1 is 0.395 bits per heavy atom. The molecule has 0 aliphatic rings. The van der Waals surface area contributed by atoms with Crippen molar-refractivity contribution >= 4 is 81.1 Å². The van der Waals surface area contributed by atoms with Crippen LogP contribution in [0.2, 0.25) is 0 Å². The molecule has 0 fully saturated rings. The van der Waals surface area contributed by atoms with Crippen LogP contribution in [0.25, 0.3) is 58.4 Å². The minimum Gasteiger partial charge on any atom is -0.310 e. The van der Waals surface area contributed by atoms with Crippen LogP contribution in [0.5, 0.6) is 0 Å². The number of thiophene rings is 1. The lowest BCUT2D eigenvalue weighted by Crippen LogP contribution is -2.09. The molecule has 0 spiro atoms. The van der Waals surface area contributed by atoms with Gasteiger partial charge >= 0.3 is 0 Å². The Labute approximate surface area is 253 Å². The summed E-state index contributed by atoms with van der Waals surface area (Å²) in [7, 11) is 0. The summed E-state index contributed by atoms with van der Waals surface area (Å²) in [6, 6.07) is 57.2. The van der Waals surface area contributed by atoms with Gasteiger partial charge in [-0.05, 0) is 89.6 Å². The fraction of sp³-hybridized carbons (Fsp3) is 0. The van der Waals surface area contributed by atoms with Crippen molar-refractivity contribution in [3.63, 3.8) is 0 Å². The van der Waals surface area contributed by atoms with Gasteiger partial charge in [-0.2, -0.15) is 0 Å². The topological polar surface area (TPSA) is 8.17 Å². The number of benzene rings is 7. The van der Waals surface area contributed by atoms with E-state index in [0.717, 1.165) is 17.1 Å². The molecule has 0 amide bonds. The summed E-state index contributed by atoms with van der Waals surface area (Å²) in [4.78, 5) is 2.38. The Morgan fingerprint density at radius 2 is 1.07 bits per heavy atom. The summed E-state index contributed by atoms with van der Waals surface area (Å²) in [5, 5.41) is 7.65. The van der Waals surface area contributed by atoms with Crippen molar-refractivity contribution in [2.45, 2.75) is 0 Å². The molecule has 7 aromatic carbocycles. The second-order valence-electron chi connectivity index (χ2n) is 11.0. The number of fused-ring (bicyclic) bond motifs is 7. The highest BCUT2D eigenvalue weighted by Gasteiger charge is 2.18. The van der Waals surface area contributed by atoms with Gasteiger partial charge in [0.25, 0.3) is 0 Å². The molecule has 202 valence electrons. The summed E-state index contributed by atoms with van der Waals surface area (Å²) in [6.07, 6.45) is 0. The Kier molecular flexibility index (Phi) is 5.40. The molecule has 43 heavy (non-hydrogen) atoms. The molecule has 2 heterocycles. The van der Waals surface area contributed by atoms with Crippen molar-refractivity contribution in [2.24, 2.45) is 0 Å². The van der Waals surface area contributed by atoms with Crippen molar-refractivity contribution in [3.05, 3.63) is 158 Å². The summed E-state index contributed by atoms with van der Waals surface area (Å²) < 4.78 is 5.04. The van der Waals surface area contributed by atoms with E-state index >= 15 is 0 Å². The van der Waals surface area contributed by atoms with Gasteiger partial charge < -0.3 is 9.47 Å². The molecule has 0 saturated heterocycles. The lowest BCUT2D eigenvalue weighted by atomic mass is 10.0. The molecular formula is C40H26N2S. The first kappa shape index (κ1) is 24.2. The second kappa shape index (κ2) is 9.59. The van der Waals surface area contributed by atoms with E-state index < -0.39 is 0 Å². The monoisotopic (exact) mass is 566 g/mol. The third-order valence-corrected chi connectivity index (χ3v) is 9.65. The van der Waals surface area contributed by atoms with Crippen LogP contribution in [0, 0.1) is 0 Å². The van der Waals surface area contributed by atoms with E-state index in [9.17, 15) is 0 Å². The molecule has 0 N–H and O–H groups in total. The molecule has 0 saturated carbocycles. The number of rotatable bonds is 4. The van der Waals surface area contributed by atoms with Gasteiger partial charge in [0, 0.05) is 53.7 Å². The smallest absolute Gasteiger partial charge is 0.0542 e. The largest absolute Gasteiger partial charge is 0.310 e. The molecule has 0 radical (unpaired) electrons. The fourth-order valence-corrected chi connectivity index (χ4v) is 7.71. The average Bonchev–Trinajstić information content (AvgIpc) is 3.59. The third kappa shape index (κ3) is 3.86. The zero-order chi connectivity index (χ0) is 28.3. The summed E-state index contributed by atoms with van der Waals surface area (Å²) in [5.41, 5.74) is 7.00. The minimum atomic E-state index is 1.13. The van der Waals surface area contributed by atoms with E-state index in [1.807, 2.05) is 11.3 Å². The minimum absolute atomic E-state index is 1.13. The van der Waals surface area contributed by atoms with Gasteiger partial charge in [0.15, 0.2) is 0 Å². The molecule has 0 atom stereocenters. The number of hydrogen-bond donors (Lipinski definition) is 0. The van der Waals surface area contributed by atoms with E-state index in [0.29, 0.717) is 0 Å². The van der Waals surface area contributed by atoms with Crippen LogP contribution in [-0.4, -0.2) is 4.57 Å². The maximum atomic E-state index is 2.38. The molecule has 9 rings (SSSR count). The van der Waals surface area contributed by atoms with E-state index in [1.54, 1.807) is 0 Å². The van der Waals surface area contributed by atoms with E-state index in [1.165, 1.54) is 58.4 Å². The molecule has 3 heteroatoms. The number of aromatic nitrogens is 1. The number of anilines is 3. The highest BCUT2D eigenvalue weighted by molar-refractivity contribution is 7.25. The molecule has 0 aliphatic heterocycles. The zero-order valence-electron chi connectivity index (χ0n) is 23.3. The first-order valence-corrected chi connectivity index (χ1v) is 15.4. The number of para-hydroxylation sites is 3. The van der Waals surface area contributed by atoms with Crippen LogP contribution >= 0.6 is 11.3 Å². The molecule has 2 nitrogen and oxygen atoms in total. The molecule has 9 aromatic rings. The van der Waals surface area contributed by atoms with E-state index in [4.69, 9.17) is 0 Å². The van der Waals surface area contributed by atoms with Gasteiger partial charge in [0.05, 0.1) is 11.0 Å². The standard InChI is InChI=1S/C40H26N2S/c1-3-11-29(12-4-1)41(31-20-19-27-25-40-36(24-28(27)23-31)34-16-8-10-18-39(34)43-40)32-21-22-38-35(26-32)33-15-7-9-17-37(33)42(38)30-13-5-2-6-14-30/h1-26H. The Hall–Kier alpha value is -5.38. The quantitative estimate of drug-likeness (QED) is 0.206. The molecule has 2 aromatic heterocycles. The molecule has 0 aliphatic carbocycles. The lowest BCUT2D eigenvalue weighted by molar-refractivity contribution is 1.18. The van der Waals surface area contributed by atoms with Gasteiger partial charge in [-0.3, -0.25) is 0 Å². The molecular weight excluding hydrogens is 541 g/mol. The third-order valence-electron chi connectivity index (χ3n) is 8.52. The van der Waals surface area contributed by atoms with Gasteiger partial charge in [0.1, 0.15) is 0 Å². The van der Waals surface area contributed by atoms with E-state index in [2.05, 4.69) is 167 Å². The molecule has 0 bridgehead atoms. The van der Waals surface area contributed by atoms with Crippen LogP contribution < -0.4 is 4.90 Å². The summed E-state index contributed by atoms with van der Waals surface area (Å²) >= 11 is 1.87.